The van der Waals surface area contributed by atoms with Crippen LogP contribution in [0.4, 0.5) is 0 Å². The summed E-state index contributed by atoms with van der Waals surface area (Å²) in [6.45, 7) is 0. The Morgan fingerprint density at radius 3 is 2.49 bits per heavy atom. The molecule has 0 aliphatic heterocycles. The van der Waals surface area contributed by atoms with Crippen LogP contribution >= 0.6 is 0 Å². The van der Waals surface area contributed by atoms with E-state index in [1.165, 1.54) is 0 Å². The molecule has 5 aromatic rings. The normalized spacial score (nSPS) is 16.3. The predicted molar refractivity (Wildman–Crippen MR) is 131 cm³/mol. The van der Waals surface area contributed by atoms with E-state index in [1.807, 2.05) is 71.4 Å². The first kappa shape index (κ1) is 20.9. The molecule has 0 saturated heterocycles. The van der Waals surface area contributed by atoms with E-state index < -0.39 is 17.2 Å². The average molecular weight is 463 g/mol. The highest BCUT2D eigenvalue weighted by molar-refractivity contribution is 6.08. The van der Waals surface area contributed by atoms with Gasteiger partial charge in [-0.3, -0.25) is 14.6 Å². The topological polar surface area (TPSA) is 126 Å². The average Bonchev–Trinajstić information content (AvgIpc) is 3.49. The van der Waals surface area contributed by atoms with E-state index in [-0.39, 0.29) is 5.92 Å². The Labute approximate surface area is 200 Å². The maximum absolute atomic E-state index is 11.8. The molecule has 1 fully saturated rings. The molecular formula is C27H21N5O3. The van der Waals surface area contributed by atoms with Crippen molar-refractivity contribution in [3.63, 3.8) is 0 Å². The van der Waals surface area contributed by atoms with E-state index in [0.29, 0.717) is 17.9 Å². The molecule has 1 atom stereocenters. The lowest BCUT2D eigenvalue weighted by Gasteiger charge is -2.11. The number of rotatable bonds is 6. The summed E-state index contributed by atoms with van der Waals surface area (Å²) < 4.78 is 7.99. The number of nitrogens with two attached hydrogens (primary N) is 2. The van der Waals surface area contributed by atoms with Crippen molar-refractivity contribution < 1.29 is 14.3 Å². The maximum Gasteiger partial charge on any atom is 0.233 e. The largest absolute Gasteiger partial charge is 0.457 e. The minimum absolute atomic E-state index is 0.300. The van der Waals surface area contributed by atoms with E-state index >= 15 is 0 Å². The fourth-order valence-corrected chi connectivity index (χ4v) is 4.68. The number of ether oxygens (including phenoxy) is 1. The zero-order chi connectivity index (χ0) is 24.2. The van der Waals surface area contributed by atoms with E-state index in [0.717, 1.165) is 33.2 Å². The van der Waals surface area contributed by atoms with Crippen LogP contribution < -0.4 is 16.2 Å². The minimum Gasteiger partial charge on any atom is -0.457 e. The lowest BCUT2D eigenvalue weighted by Crippen LogP contribution is -2.38. The number of amides is 2. The monoisotopic (exact) mass is 463 g/mol. The Morgan fingerprint density at radius 1 is 0.971 bits per heavy atom. The number of carbonyl (C=O) groups excluding carboxylic acids is 2. The number of primary amides is 2. The SMILES string of the molecule is NC(=O)C1(C(N)=O)CC1c1ccc(Oc2ccnc3cc(-c4cc5ccccn5n4)ccc23)cc1. The summed E-state index contributed by atoms with van der Waals surface area (Å²) in [5, 5.41) is 5.51. The predicted octanol–water partition coefficient (Wildman–Crippen LogP) is 3.79. The summed E-state index contributed by atoms with van der Waals surface area (Å²) in [6, 6.07) is 23.0. The molecule has 1 saturated carbocycles. The van der Waals surface area contributed by atoms with Crippen molar-refractivity contribution in [2.45, 2.75) is 12.3 Å². The second-order valence-corrected chi connectivity index (χ2v) is 8.77. The number of carbonyl (C=O) groups is 2. The van der Waals surface area contributed by atoms with Gasteiger partial charge in [-0.2, -0.15) is 5.10 Å². The second-order valence-electron chi connectivity index (χ2n) is 8.77. The Balaban J connectivity index is 1.26. The van der Waals surface area contributed by atoms with Crippen LogP contribution in [0, 0.1) is 5.41 Å². The molecule has 3 aromatic heterocycles. The van der Waals surface area contributed by atoms with E-state index in [9.17, 15) is 9.59 Å². The third-order valence-electron chi connectivity index (χ3n) is 6.72. The molecule has 1 aliphatic rings. The number of aromatic nitrogens is 3. The van der Waals surface area contributed by atoms with Crippen molar-refractivity contribution in [1.82, 2.24) is 14.6 Å². The zero-order valence-corrected chi connectivity index (χ0v) is 18.6. The van der Waals surface area contributed by atoms with Gasteiger partial charge in [0.1, 0.15) is 16.9 Å². The molecule has 1 unspecified atom stereocenters. The zero-order valence-electron chi connectivity index (χ0n) is 18.6. The van der Waals surface area contributed by atoms with Crippen LogP contribution in [0.2, 0.25) is 0 Å². The van der Waals surface area contributed by atoms with E-state index in [2.05, 4.69) is 10.1 Å². The van der Waals surface area contributed by atoms with Gasteiger partial charge in [-0.1, -0.05) is 24.3 Å². The van der Waals surface area contributed by atoms with Gasteiger partial charge >= 0.3 is 0 Å². The number of hydrogen-bond donors (Lipinski definition) is 2. The van der Waals surface area contributed by atoms with Crippen LogP contribution in [0.15, 0.2) is 85.2 Å². The molecule has 6 rings (SSSR count). The van der Waals surface area contributed by atoms with Gasteiger partial charge in [-0.15, -0.1) is 0 Å². The van der Waals surface area contributed by atoms with Crippen LogP contribution in [0.3, 0.4) is 0 Å². The van der Waals surface area contributed by atoms with Crippen molar-refractivity contribution in [2.75, 3.05) is 0 Å². The summed E-state index contributed by atoms with van der Waals surface area (Å²) >= 11 is 0. The van der Waals surface area contributed by atoms with Crippen LogP contribution in [0.5, 0.6) is 11.5 Å². The Bertz CT molecular complexity index is 1580. The summed E-state index contributed by atoms with van der Waals surface area (Å²) in [6.07, 6.45) is 3.96. The quantitative estimate of drug-likeness (QED) is 0.371. The van der Waals surface area contributed by atoms with Crippen molar-refractivity contribution in [1.29, 1.82) is 0 Å². The van der Waals surface area contributed by atoms with Gasteiger partial charge in [0, 0.05) is 29.3 Å². The highest BCUT2D eigenvalue weighted by atomic mass is 16.5. The van der Waals surface area contributed by atoms with E-state index in [4.69, 9.17) is 16.2 Å². The van der Waals surface area contributed by atoms with Gasteiger partial charge in [0.15, 0.2) is 0 Å². The van der Waals surface area contributed by atoms with Crippen LogP contribution in [0.25, 0.3) is 27.7 Å². The summed E-state index contributed by atoms with van der Waals surface area (Å²) in [5.74, 6) is -0.371. The molecule has 8 heteroatoms. The molecular weight excluding hydrogens is 442 g/mol. The third kappa shape index (κ3) is 3.38. The first-order chi connectivity index (χ1) is 17.0. The highest BCUT2D eigenvalue weighted by Gasteiger charge is 2.64. The number of nitrogens with zero attached hydrogens (tertiary/aromatic N) is 3. The molecule has 0 spiro atoms. The summed E-state index contributed by atoms with van der Waals surface area (Å²) in [4.78, 5) is 28.1. The van der Waals surface area contributed by atoms with Crippen molar-refractivity contribution in [2.24, 2.45) is 16.9 Å². The van der Waals surface area contributed by atoms with Crippen LogP contribution in [0.1, 0.15) is 17.9 Å². The molecule has 8 nitrogen and oxygen atoms in total. The molecule has 4 N–H and O–H groups in total. The fourth-order valence-electron chi connectivity index (χ4n) is 4.68. The minimum atomic E-state index is -1.29. The van der Waals surface area contributed by atoms with Gasteiger partial charge in [0.2, 0.25) is 11.8 Å². The van der Waals surface area contributed by atoms with Crippen molar-refractivity contribution in [3.05, 3.63) is 90.8 Å². The van der Waals surface area contributed by atoms with Gasteiger partial charge in [-0.05, 0) is 60.5 Å². The molecule has 1 aliphatic carbocycles. The number of benzene rings is 2. The van der Waals surface area contributed by atoms with E-state index in [1.54, 1.807) is 18.3 Å². The smallest absolute Gasteiger partial charge is 0.233 e. The molecule has 2 amide bonds. The molecule has 0 bridgehead atoms. The van der Waals surface area contributed by atoms with Crippen molar-refractivity contribution >= 4 is 28.2 Å². The maximum atomic E-state index is 11.8. The number of fused-ring (bicyclic) bond motifs is 2. The highest BCUT2D eigenvalue weighted by Crippen LogP contribution is 2.59. The van der Waals surface area contributed by atoms with Gasteiger partial charge in [-0.25, -0.2) is 4.52 Å². The standard InChI is InChI=1S/C27H21N5O3/c28-25(33)27(26(29)34)15-21(27)16-4-7-19(8-5-16)35-24-10-11-30-23-13-17(6-9-20(23)24)22-14-18-3-1-2-12-32(18)31-22/h1-14,21H,15H2,(H2,28,33)(H2,29,34). The van der Waals surface area contributed by atoms with Crippen LogP contribution in [-0.4, -0.2) is 26.4 Å². The first-order valence-electron chi connectivity index (χ1n) is 11.2. The first-order valence-corrected chi connectivity index (χ1v) is 11.2. The Morgan fingerprint density at radius 2 is 1.77 bits per heavy atom. The van der Waals surface area contributed by atoms with Gasteiger partial charge < -0.3 is 16.2 Å². The third-order valence-corrected chi connectivity index (χ3v) is 6.72. The molecule has 172 valence electrons. The van der Waals surface area contributed by atoms with Gasteiger partial charge in [0.05, 0.1) is 16.7 Å². The van der Waals surface area contributed by atoms with Gasteiger partial charge in [0.25, 0.3) is 0 Å². The lowest BCUT2D eigenvalue weighted by molar-refractivity contribution is -0.133. The molecule has 3 heterocycles. The number of hydrogen-bond acceptors (Lipinski definition) is 5. The summed E-state index contributed by atoms with van der Waals surface area (Å²) in [7, 11) is 0. The van der Waals surface area contributed by atoms with Crippen molar-refractivity contribution in [3.8, 4) is 22.8 Å². The molecule has 2 aromatic carbocycles. The van der Waals surface area contributed by atoms with Crippen LogP contribution in [-0.2, 0) is 9.59 Å². The number of pyridine rings is 2. The second kappa shape index (κ2) is 7.66. The molecule has 35 heavy (non-hydrogen) atoms. The fraction of sp³-hybridized carbons (Fsp3) is 0.111. The lowest BCUT2D eigenvalue weighted by atomic mass is 9.97. The Hall–Kier alpha value is -4.72. The summed E-state index contributed by atoms with van der Waals surface area (Å²) in [5.41, 5.74) is 14.1. The molecule has 0 radical (unpaired) electrons. The Kier molecular flexibility index (Phi) is 4.57.